The highest BCUT2D eigenvalue weighted by Gasteiger charge is 2.34. The van der Waals surface area contributed by atoms with Gasteiger partial charge in [0.05, 0.1) is 6.54 Å². The smallest absolute Gasteiger partial charge is 0.294 e. The number of piperazine rings is 1. The molecule has 0 radical (unpaired) electrons. The molecule has 2 atom stereocenters. The second kappa shape index (κ2) is 6.09. The highest BCUT2D eigenvalue weighted by Crippen LogP contribution is 2.22. The topological polar surface area (TPSA) is 49.6 Å². The fourth-order valence-electron chi connectivity index (χ4n) is 2.78. The second-order valence-corrected chi connectivity index (χ2v) is 5.31. The Morgan fingerprint density at radius 3 is 2.25 bits per heavy atom. The van der Waals surface area contributed by atoms with Crippen molar-refractivity contribution in [3.05, 3.63) is 22.3 Å². The van der Waals surface area contributed by atoms with Crippen molar-refractivity contribution < 1.29 is 18.1 Å². The van der Waals surface area contributed by atoms with Crippen molar-refractivity contribution in [2.24, 2.45) is 0 Å². The maximum absolute atomic E-state index is 12.3. The summed E-state index contributed by atoms with van der Waals surface area (Å²) < 4.78 is 36.8. The van der Waals surface area contributed by atoms with E-state index in [1.165, 1.54) is 4.90 Å². The lowest BCUT2D eigenvalue weighted by molar-refractivity contribution is -0.511. The molecular weight excluding hydrogens is 275 g/mol. The summed E-state index contributed by atoms with van der Waals surface area (Å²) >= 11 is 0. The summed E-state index contributed by atoms with van der Waals surface area (Å²) in [4.78, 5) is 13.9. The highest BCUT2D eigenvalue weighted by atomic mass is 19.4. The molecule has 114 valence electrons. The maximum atomic E-state index is 12.3. The van der Waals surface area contributed by atoms with Gasteiger partial charge in [-0.1, -0.05) is 6.08 Å². The Morgan fingerprint density at radius 2 is 1.80 bits per heavy atom. The summed E-state index contributed by atoms with van der Waals surface area (Å²) in [6, 6.07) is -0.489. The predicted molar refractivity (Wildman–Crippen MR) is 67.0 cm³/mol. The van der Waals surface area contributed by atoms with Gasteiger partial charge in [-0.2, -0.15) is 13.2 Å². The Bertz CT molecular complexity index is 379. The standard InChI is InChI=1S/C12H18F3N3O2/c13-12(14,15)9-16-5-7-17(8-6-16)10-1-3-11(4-2-10)18(19)20/h1,3,10-11H,2,4-9H2. The van der Waals surface area contributed by atoms with Gasteiger partial charge in [0.15, 0.2) is 0 Å². The number of hydrogen-bond acceptors (Lipinski definition) is 4. The first-order valence-electron chi connectivity index (χ1n) is 6.70. The Kier molecular flexibility index (Phi) is 4.64. The summed E-state index contributed by atoms with van der Waals surface area (Å²) in [7, 11) is 0. The Hall–Kier alpha value is -1.15. The van der Waals surface area contributed by atoms with Crippen molar-refractivity contribution >= 4 is 0 Å². The molecule has 2 aliphatic rings. The molecule has 0 amide bonds. The fourth-order valence-corrected chi connectivity index (χ4v) is 2.78. The van der Waals surface area contributed by atoms with Gasteiger partial charge in [-0.25, -0.2) is 0 Å². The monoisotopic (exact) mass is 293 g/mol. The first-order chi connectivity index (χ1) is 9.35. The zero-order valence-electron chi connectivity index (χ0n) is 11.1. The van der Waals surface area contributed by atoms with Crippen LogP contribution < -0.4 is 0 Å². The van der Waals surface area contributed by atoms with Crippen LogP contribution in [0.1, 0.15) is 12.8 Å². The van der Waals surface area contributed by atoms with Crippen molar-refractivity contribution in [1.82, 2.24) is 9.80 Å². The van der Waals surface area contributed by atoms with Gasteiger partial charge in [0.25, 0.3) is 0 Å². The molecule has 1 fully saturated rings. The quantitative estimate of drug-likeness (QED) is 0.450. The van der Waals surface area contributed by atoms with Crippen LogP contribution in [0, 0.1) is 10.1 Å². The van der Waals surface area contributed by atoms with Crippen LogP contribution in [0.2, 0.25) is 0 Å². The Morgan fingerprint density at radius 1 is 1.15 bits per heavy atom. The van der Waals surface area contributed by atoms with E-state index in [4.69, 9.17) is 0 Å². The van der Waals surface area contributed by atoms with Crippen LogP contribution >= 0.6 is 0 Å². The molecule has 8 heteroatoms. The van der Waals surface area contributed by atoms with Gasteiger partial charge in [0.1, 0.15) is 0 Å². The molecule has 0 aromatic rings. The number of rotatable bonds is 3. The summed E-state index contributed by atoms with van der Waals surface area (Å²) in [6.45, 7) is 1.08. The average Bonchev–Trinajstić information content (AvgIpc) is 2.38. The Balaban J connectivity index is 1.80. The van der Waals surface area contributed by atoms with Gasteiger partial charge in [0, 0.05) is 43.6 Å². The first-order valence-corrected chi connectivity index (χ1v) is 6.70. The average molecular weight is 293 g/mol. The highest BCUT2D eigenvalue weighted by molar-refractivity contribution is 5.03. The van der Waals surface area contributed by atoms with Gasteiger partial charge in [-0.05, 0) is 12.5 Å². The third-order valence-corrected chi connectivity index (χ3v) is 3.86. The molecule has 1 aliphatic heterocycles. The van der Waals surface area contributed by atoms with Crippen LogP contribution in [0.5, 0.6) is 0 Å². The zero-order valence-corrected chi connectivity index (χ0v) is 11.1. The van der Waals surface area contributed by atoms with Gasteiger partial charge >= 0.3 is 6.18 Å². The lowest BCUT2D eigenvalue weighted by Crippen LogP contribution is -2.52. The van der Waals surface area contributed by atoms with E-state index in [9.17, 15) is 23.3 Å². The molecule has 0 saturated carbocycles. The van der Waals surface area contributed by atoms with Gasteiger partial charge < -0.3 is 0 Å². The van der Waals surface area contributed by atoms with Crippen molar-refractivity contribution in [2.75, 3.05) is 32.7 Å². The summed E-state index contributed by atoms with van der Waals surface area (Å²) in [5, 5.41) is 10.6. The molecule has 5 nitrogen and oxygen atoms in total. The van der Waals surface area contributed by atoms with Gasteiger partial charge in [-0.3, -0.25) is 19.9 Å². The van der Waals surface area contributed by atoms with E-state index in [2.05, 4.69) is 4.90 Å². The van der Waals surface area contributed by atoms with E-state index in [0.717, 1.165) is 0 Å². The number of hydrogen-bond donors (Lipinski definition) is 0. The summed E-state index contributed by atoms with van der Waals surface area (Å²) in [5.74, 6) is 0. The summed E-state index contributed by atoms with van der Waals surface area (Å²) in [5.41, 5.74) is 0. The minimum Gasteiger partial charge on any atom is -0.294 e. The van der Waals surface area contributed by atoms with Crippen LogP contribution in [0.25, 0.3) is 0 Å². The number of alkyl halides is 3. The minimum absolute atomic E-state index is 0.124. The second-order valence-electron chi connectivity index (χ2n) is 5.31. The molecule has 2 unspecified atom stereocenters. The van der Waals surface area contributed by atoms with E-state index in [0.29, 0.717) is 39.0 Å². The maximum Gasteiger partial charge on any atom is 0.401 e. The minimum atomic E-state index is -4.15. The molecule has 1 heterocycles. The van der Waals surface area contributed by atoms with Crippen LogP contribution in [0.4, 0.5) is 13.2 Å². The normalized spacial score (nSPS) is 29.6. The van der Waals surface area contributed by atoms with E-state index >= 15 is 0 Å². The molecule has 0 aromatic heterocycles. The molecule has 0 N–H and O–H groups in total. The number of nitrogens with zero attached hydrogens (tertiary/aromatic N) is 3. The van der Waals surface area contributed by atoms with E-state index in [1.807, 2.05) is 6.08 Å². The van der Waals surface area contributed by atoms with Crippen LogP contribution in [0.3, 0.4) is 0 Å². The molecular formula is C12H18F3N3O2. The van der Waals surface area contributed by atoms with Crippen molar-refractivity contribution in [2.45, 2.75) is 31.1 Å². The van der Waals surface area contributed by atoms with Crippen LogP contribution in [0.15, 0.2) is 12.2 Å². The van der Waals surface area contributed by atoms with Crippen molar-refractivity contribution in [3.8, 4) is 0 Å². The lowest BCUT2D eigenvalue weighted by atomic mass is 9.97. The summed E-state index contributed by atoms with van der Waals surface area (Å²) in [6.07, 6.45) is 0.483. The van der Waals surface area contributed by atoms with E-state index < -0.39 is 18.8 Å². The van der Waals surface area contributed by atoms with Crippen molar-refractivity contribution in [1.29, 1.82) is 0 Å². The molecule has 20 heavy (non-hydrogen) atoms. The largest absolute Gasteiger partial charge is 0.401 e. The lowest BCUT2D eigenvalue weighted by Gasteiger charge is -2.39. The molecule has 0 spiro atoms. The SMILES string of the molecule is O=[N+]([O-])C1C=CC(N2CCN(CC(F)(F)F)CC2)CC1. The third-order valence-electron chi connectivity index (χ3n) is 3.86. The molecule has 0 bridgehead atoms. The third kappa shape index (κ3) is 4.17. The van der Waals surface area contributed by atoms with Crippen LogP contribution in [-0.4, -0.2) is 65.7 Å². The zero-order chi connectivity index (χ0) is 14.8. The van der Waals surface area contributed by atoms with E-state index in [1.54, 1.807) is 6.08 Å². The van der Waals surface area contributed by atoms with Gasteiger partial charge in [-0.15, -0.1) is 0 Å². The molecule has 1 saturated heterocycles. The molecule has 1 aliphatic carbocycles. The first kappa shape index (κ1) is 15.2. The van der Waals surface area contributed by atoms with Crippen LogP contribution in [-0.2, 0) is 0 Å². The molecule has 0 aromatic carbocycles. The van der Waals surface area contributed by atoms with E-state index in [-0.39, 0.29) is 11.0 Å². The number of halogens is 3. The fraction of sp³-hybridized carbons (Fsp3) is 0.833. The number of nitro groups is 1. The van der Waals surface area contributed by atoms with Crippen molar-refractivity contribution in [3.63, 3.8) is 0 Å². The predicted octanol–water partition coefficient (Wildman–Crippen LogP) is 1.53. The Labute approximate surface area is 115 Å². The molecule has 2 rings (SSSR count). The van der Waals surface area contributed by atoms with Gasteiger partial charge in [0.2, 0.25) is 6.04 Å².